The zero-order valence-corrected chi connectivity index (χ0v) is 14.9. The predicted octanol–water partition coefficient (Wildman–Crippen LogP) is 1.46. The molecule has 6 nitrogen and oxygen atoms in total. The standard InChI is InChI=1S/C17H26N2O4S/c1-2-22-9-10-23-14-4-6-15(7-5-14)24(20,21)19-11-13-3-8-17(18)16(13)12-19/h4-7,13,16-17H,2-3,8-12,18H2,1H3. The first-order valence-corrected chi connectivity index (χ1v) is 10.0. The summed E-state index contributed by atoms with van der Waals surface area (Å²) in [6.45, 7) is 4.69. The summed E-state index contributed by atoms with van der Waals surface area (Å²) in [5, 5.41) is 0. The second-order valence-electron chi connectivity index (χ2n) is 6.50. The van der Waals surface area contributed by atoms with Crippen molar-refractivity contribution in [1.82, 2.24) is 4.31 Å². The van der Waals surface area contributed by atoms with Crippen molar-refractivity contribution >= 4 is 10.0 Å². The van der Waals surface area contributed by atoms with Gasteiger partial charge in [0.05, 0.1) is 11.5 Å². The maximum absolute atomic E-state index is 12.8. The fraction of sp³-hybridized carbons (Fsp3) is 0.647. The van der Waals surface area contributed by atoms with E-state index in [-0.39, 0.29) is 6.04 Å². The van der Waals surface area contributed by atoms with E-state index >= 15 is 0 Å². The molecule has 134 valence electrons. The van der Waals surface area contributed by atoms with Crippen LogP contribution in [0.5, 0.6) is 5.75 Å². The summed E-state index contributed by atoms with van der Waals surface area (Å²) < 4.78 is 37.9. The third-order valence-electron chi connectivity index (χ3n) is 5.04. The van der Waals surface area contributed by atoms with Gasteiger partial charge in [-0.05, 0) is 55.9 Å². The van der Waals surface area contributed by atoms with Gasteiger partial charge in [0, 0.05) is 25.7 Å². The SMILES string of the molecule is CCOCCOc1ccc(S(=O)(=O)N2CC3CCC(N)C3C2)cc1. The Morgan fingerprint density at radius 2 is 1.92 bits per heavy atom. The van der Waals surface area contributed by atoms with E-state index in [9.17, 15) is 8.42 Å². The van der Waals surface area contributed by atoms with E-state index in [1.807, 2.05) is 6.92 Å². The monoisotopic (exact) mass is 354 g/mol. The first-order chi connectivity index (χ1) is 11.5. The molecule has 0 radical (unpaired) electrons. The molecule has 0 amide bonds. The van der Waals surface area contributed by atoms with Gasteiger partial charge in [-0.2, -0.15) is 4.31 Å². The van der Waals surface area contributed by atoms with Gasteiger partial charge in [-0.1, -0.05) is 0 Å². The molecule has 3 unspecified atom stereocenters. The van der Waals surface area contributed by atoms with Crippen molar-refractivity contribution in [2.45, 2.75) is 30.7 Å². The minimum Gasteiger partial charge on any atom is -0.491 e. The molecule has 1 saturated heterocycles. The van der Waals surface area contributed by atoms with Crippen LogP contribution in [0.1, 0.15) is 19.8 Å². The van der Waals surface area contributed by atoms with Gasteiger partial charge in [0.25, 0.3) is 0 Å². The van der Waals surface area contributed by atoms with Gasteiger partial charge in [-0.3, -0.25) is 0 Å². The van der Waals surface area contributed by atoms with Crippen molar-refractivity contribution in [3.05, 3.63) is 24.3 Å². The average molecular weight is 354 g/mol. The van der Waals surface area contributed by atoms with Gasteiger partial charge >= 0.3 is 0 Å². The minimum absolute atomic E-state index is 0.135. The Bertz CT molecular complexity index is 647. The quantitative estimate of drug-likeness (QED) is 0.750. The highest BCUT2D eigenvalue weighted by Crippen LogP contribution is 2.39. The highest BCUT2D eigenvalue weighted by Gasteiger charge is 2.44. The highest BCUT2D eigenvalue weighted by molar-refractivity contribution is 7.89. The third-order valence-corrected chi connectivity index (χ3v) is 6.89. The largest absolute Gasteiger partial charge is 0.491 e. The first-order valence-electron chi connectivity index (χ1n) is 8.58. The van der Waals surface area contributed by atoms with E-state index in [2.05, 4.69) is 0 Å². The molecule has 0 aromatic heterocycles. The number of hydrogen-bond donors (Lipinski definition) is 1. The predicted molar refractivity (Wildman–Crippen MR) is 91.4 cm³/mol. The van der Waals surface area contributed by atoms with Gasteiger partial charge in [-0.25, -0.2) is 8.42 Å². The molecular weight excluding hydrogens is 328 g/mol. The number of nitrogens with zero attached hydrogens (tertiary/aromatic N) is 1. The molecule has 1 saturated carbocycles. The molecular formula is C17H26N2O4S. The van der Waals surface area contributed by atoms with Crippen LogP contribution in [-0.4, -0.2) is 51.7 Å². The van der Waals surface area contributed by atoms with Crippen LogP contribution in [0.25, 0.3) is 0 Å². The zero-order valence-electron chi connectivity index (χ0n) is 14.1. The minimum atomic E-state index is -3.45. The molecule has 0 bridgehead atoms. The molecule has 3 rings (SSSR count). The van der Waals surface area contributed by atoms with Crippen LogP contribution >= 0.6 is 0 Å². The molecule has 1 aromatic rings. The van der Waals surface area contributed by atoms with E-state index in [1.54, 1.807) is 28.6 Å². The maximum atomic E-state index is 12.8. The summed E-state index contributed by atoms with van der Waals surface area (Å²) in [6.07, 6.45) is 2.04. The summed E-state index contributed by atoms with van der Waals surface area (Å²) in [6, 6.07) is 6.75. The summed E-state index contributed by atoms with van der Waals surface area (Å²) in [5.41, 5.74) is 6.10. The number of fused-ring (bicyclic) bond motifs is 1. The van der Waals surface area contributed by atoms with Crippen LogP contribution < -0.4 is 10.5 Å². The lowest BCUT2D eigenvalue weighted by Gasteiger charge is -2.18. The van der Waals surface area contributed by atoms with E-state index in [0.29, 0.717) is 55.4 Å². The topological polar surface area (TPSA) is 81.9 Å². The van der Waals surface area contributed by atoms with Crippen LogP contribution in [0.15, 0.2) is 29.2 Å². The summed E-state index contributed by atoms with van der Waals surface area (Å²) >= 11 is 0. The third kappa shape index (κ3) is 3.59. The zero-order chi connectivity index (χ0) is 17.2. The lowest BCUT2D eigenvalue weighted by atomic mass is 9.98. The average Bonchev–Trinajstić information content (AvgIpc) is 3.15. The molecule has 0 spiro atoms. The molecule has 1 aliphatic heterocycles. The van der Waals surface area contributed by atoms with Crippen molar-refractivity contribution in [1.29, 1.82) is 0 Å². The number of rotatable bonds is 7. The second kappa shape index (κ2) is 7.39. The number of benzene rings is 1. The summed E-state index contributed by atoms with van der Waals surface area (Å²) in [5.74, 6) is 1.37. The van der Waals surface area contributed by atoms with Crippen LogP contribution in [0.3, 0.4) is 0 Å². The summed E-state index contributed by atoms with van der Waals surface area (Å²) in [7, 11) is -3.45. The molecule has 1 aromatic carbocycles. The van der Waals surface area contributed by atoms with Gasteiger partial charge in [0.2, 0.25) is 10.0 Å². The van der Waals surface area contributed by atoms with Crippen molar-refractivity contribution in [3.63, 3.8) is 0 Å². The Morgan fingerprint density at radius 3 is 2.58 bits per heavy atom. The smallest absolute Gasteiger partial charge is 0.243 e. The Morgan fingerprint density at radius 1 is 1.17 bits per heavy atom. The van der Waals surface area contributed by atoms with Gasteiger partial charge in [-0.15, -0.1) is 0 Å². The Balaban J connectivity index is 1.63. The molecule has 24 heavy (non-hydrogen) atoms. The molecule has 2 aliphatic rings. The highest BCUT2D eigenvalue weighted by atomic mass is 32.2. The van der Waals surface area contributed by atoms with Gasteiger partial charge < -0.3 is 15.2 Å². The van der Waals surface area contributed by atoms with Crippen molar-refractivity contribution in [3.8, 4) is 5.75 Å². The number of ether oxygens (including phenoxy) is 2. The van der Waals surface area contributed by atoms with Gasteiger partial charge in [0.15, 0.2) is 0 Å². The van der Waals surface area contributed by atoms with E-state index in [4.69, 9.17) is 15.2 Å². The van der Waals surface area contributed by atoms with E-state index < -0.39 is 10.0 Å². The Kier molecular flexibility index (Phi) is 5.44. The lowest BCUT2D eigenvalue weighted by molar-refractivity contribution is 0.110. The van der Waals surface area contributed by atoms with Gasteiger partial charge in [0.1, 0.15) is 12.4 Å². The van der Waals surface area contributed by atoms with Crippen LogP contribution in [-0.2, 0) is 14.8 Å². The molecule has 1 aliphatic carbocycles. The lowest BCUT2D eigenvalue weighted by Crippen LogP contribution is -2.33. The van der Waals surface area contributed by atoms with Crippen molar-refractivity contribution in [2.24, 2.45) is 17.6 Å². The maximum Gasteiger partial charge on any atom is 0.243 e. The van der Waals surface area contributed by atoms with E-state index in [1.165, 1.54) is 0 Å². The number of nitrogens with two attached hydrogens (primary N) is 1. The van der Waals surface area contributed by atoms with Crippen LogP contribution in [0, 0.1) is 11.8 Å². The second-order valence-corrected chi connectivity index (χ2v) is 8.44. The van der Waals surface area contributed by atoms with Crippen LogP contribution in [0.2, 0.25) is 0 Å². The summed E-state index contributed by atoms with van der Waals surface area (Å²) in [4.78, 5) is 0.313. The number of hydrogen-bond acceptors (Lipinski definition) is 5. The fourth-order valence-electron chi connectivity index (χ4n) is 3.68. The van der Waals surface area contributed by atoms with Crippen molar-refractivity contribution < 1.29 is 17.9 Å². The first kappa shape index (κ1) is 17.7. The fourth-order valence-corrected chi connectivity index (χ4v) is 5.22. The normalized spacial score (nSPS) is 27.3. The molecule has 2 N–H and O–H groups in total. The Hall–Kier alpha value is -1.15. The molecule has 2 fully saturated rings. The molecule has 3 atom stereocenters. The molecule has 1 heterocycles. The van der Waals surface area contributed by atoms with Crippen LogP contribution in [0.4, 0.5) is 0 Å². The van der Waals surface area contributed by atoms with E-state index in [0.717, 1.165) is 12.8 Å². The number of sulfonamides is 1. The van der Waals surface area contributed by atoms with Crippen molar-refractivity contribution in [2.75, 3.05) is 32.9 Å². The molecule has 7 heteroatoms. The Labute approximate surface area is 144 Å².